The SMILES string of the molecule is C=CC(=O)P(=O)(OCCC)OCCC. The van der Waals surface area contributed by atoms with E-state index in [0.717, 1.165) is 6.08 Å². The van der Waals surface area contributed by atoms with Gasteiger partial charge in [0.2, 0.25) is 0 Å². The third-order valence-electron chi connectivity index (χ3n) is 1.38. The van der Waals surface area contributed by atoms with Crippen molar-refractivity contribution in [2.45, 2.75) is 26.7 Å². The molecule has 0 spiro atoms. The second-order valence-corrected chi connectivity index (χ2v) is 4.66. The minimum absolute atomic E-state index is 0.251. The first-order valence-electron chi connectivity index (χ1n) is 4.66. The van der Waals surface area contributed by atoms with Crippen LogP contribution in [-0.4, -0.2) is 18.7 Å². The van der Waals surface area contributed by atoms with Crippen molar-refractivity contribution in [2.75, 3.05) is 13.2 Å². The number of hydrogen-bond acceptors (Lipinski definition) is 4. The highest BCUT2D eigenvalue weighted by Gasteiger charge is 2.31. The molecule has 0 aromatic heterocycles. The van der Waals surface area contributed by atoms with E-state index in [1.165, 1.54) is 0 Å². The molecule has 0 N–H and O–H groups in total. The molecule has 82 valence electrons. The standard InChI is InChI=1S/C9H17O4P/c1-4-7-12-14(11,9(10)6-3)13-8-5-2/h6H,3-5,7-8H2,1-2H3. The molecule has 0 atom stereocenters. The largest absolute Gasteiger partial charge is 0.400 e. The highest BCUT2D eigenvalue weighted by Crippen LogP contribution is 2.49. The molecular weight excluding hydrogens is 203 g/mol. The van der Waals surface area contributed by atoms with Crippen LogP contribution in [0.25, 0.3) is 0 Å². The normalized spacial score (nSPS) is 11.3. The summed E-state index contributed by atoms with van der Waals surface area (Å²) < 4.78 is 21.7. The predicted octanol–water partition coefficient (Wildman–Crippen LogP) is 2.75. The summed E-state index contributed by atoms with van der Waals surface area (Å²) in [4.78, 5) is 11.2. The first kappa shape index (κ1) is 13.6. The van der Waals surface area contributed by atoms with Gasteiger partial charge in [0.1, 0.15) is 0 Å². The van der Waals surface area contributed by atoms with Crippen LogP contribution < -0.4 is 0 Å². The second kappa shape index (κ2) is 6.93. The van der Waals surface area contributed by atoms with Gasteiger partial charge in [-0.15, -0.1) is 0 Å². The molecule has 0 fully saturated rings. The Morgan fingerprint density at radius 3 is 2.00 bits per heavy atom. The molecule has 14 heavy (non-hydrogen) atoms. The molecule has 0 aliphatic rings. The Bertz CT molecular complexity index is 225. The molecule has 0 amide bonds. The Kier molecular flexibility index (Phi) is 6.71. The van der Waals surface area contributed by atoms with Crippen LogP contribution in [0.3, 0.4) is 0 Å². The number of hydrogen-bond donors (Lipinski definition) is 0. The molecule has 0 aliphatic heterocycles. The van der Waals surface area contributed by atoms with Crippen LogP contribution in [-0.2, 0) is 18.4 Å². The number of rotatable bonds is 8. The zero-order chi connectivity index (χ0) is 11.0. The Balaban J connectivity index is 4.41. The van der Waals surface area contributed by atoms with Gasteiger partial charge in [0, 0.05) is 0 Å². The Morgan fingerprint density at radius 1 is 1.29 bits per heavy atom. The lowest BCUT2D eigenvalue weighted by atomic mass is 10.5. The maximum absolute atomic E-state index is 11.8. The molecular formula is C9H17O4P. The minimum Gasteiger partial charge on any atom is -0.303 e. The monoisotopic (exact) mass is 220 g/mol. The van der Waals surface area contributed by atoms with Crippen molar-refractivity contribution in [3.8, 4) is 0 Å². The van der Waals surface area contributed by atoms with Gasteiger partial charge in [-0.25, -0.2) is 0 Å². The van der Waals surface area contributed by atoms with Gasteiger partial charge >= 0.3 is 7.60 Å². The van der Waals surface area contributed by atoms with Crippen molar-refractivity contribution < 1.29 is 18.4 Å². The quantitative estimate of drug-likeness (QED) is 0.466. The summed E-state index contributed by atoms with van der Waals surface area (Å²) in [5, 5.41) is 0. The lowest BCUT2D eigenvalue weighted by Gasteiger charge is -2.14. The van der Waals surface area contributed by atoms with E-state index in [4.69, 9.17) is 9.05 Å². The van der Waals surface area contributed by atoms with Gasteiger partial charge in [-0.3, -0.25) is 9.36 Å². The Morgan fingerprint density at radius 2 is 1.71 bits per heavy atom. The molecule has 0 saturated carbocycles. The van der Waals surface area contributed by atoms with Crippen LogP contribution >= 0.6 is 7.60 Å². The number of carbonyl (C=O) groups excluding carboxylic acids is 1. The maximum atomic E-state index is 11.8. The fraction of sp³-hybridized carbons (Fsp3) is 0.667. The lowest BCUT2D eigenvalue weighted by Crippen LogP contribution is -2.05. The molecule has 0 aromatic carbocycles. The summed E-state index contributed by atoms with van der Waals surface area (Å²) in [7, 11) is -3.60. The van der Waals surface area contributed by atoms with Crippen molar-refractivity contribution >= 4 is 13.1 Å². The fourth-order valence-corrected chi connectivity index (χ4v) is 2.10. The van der Waals surface area contributed by atoms with Crippen LogP contribution in [0, 0.1) is 0 Å². The van der Waals surface area contributed by atoms with Gasteiger partial charge in [-0.05, 0) is 18.9 Å². The molecule has 0 heterocycles. The van der Waals surface area contributed by atoms with E-state index in [1.807, 2.05) is 13.8 Å². The average Bonchev–Trinajstić information content (AvgIpc) is 2.22. The van der Waals surface area contributed by atoms with E-state index in [-0.39, 0.29) is 13.2 Å². The molecule has 0 unspecified atom stereocenters. The highest BCUT2D eigenvalue weighted by molar-refractivity contribution is 7.72. The average molecular weight is 220 g/mol. The van der Waals surface area contributed by atoms with Crippen molar-refractivity contribution in [3.63, 3.8) is 0 Å². The Labute approximate surface area is 84.8 Å². The summed E-state index contributed by atoms with van der Waals surface area (Å²) in [6, 6.07) is 0. The second-order valence-electron chi connectivity index (χ2n) is 2.71. The van der Waals surface area contributed by atoms with Crippen LogP contribution in [0.1, 0.15) is 26.7 Å². The van der Waals surface area contributed by atoms with Gasteiger partial charge < -0.3 is 9.05 Å². The van der Waals surface area contributed by atoms with Crippen LogP contribution in [0.4, 0.5) is 0 Å². The Hall–Kier alpha value is -0.440. The van der Waals surface area contributed by atoms with Crippen LogP contribution in [0.15, 0.2) is 12.7 Å². The van der Waals surface area contributed by atoms with E-state index in [2.05, 4.69) is 6.58 Å². The molecule has 5 heteroatoms. The van der Waals surface area contributed by atoms with E-state index < -0.39 is 13.1 Å². The first-order valence-corrected chi connectivity index (χ1v) is 6.21. The van der Waals surface area contributed by atoms with Gasteiger partial charge in [-0.1, -0.05) is 20.4 Å². The van der Waals surface area contributed by atoms with Gasteiger partial charge in [0.05, 0.1) is 13.2 Å². The third kappa shape index (κ3) is 4.18. The third-order valence-corrected chi connectivity index (χ3v) is 3.14. The predicted molar refractivity (Wildman–Crippen MR) is 55.3 cm³/mol. The van der Waals surface area contributed by atoms with Gasteiger partial charge in [0.25, 0.3) is 5.52 Å². The summed E-state index contributed by atoms with van der Waals surface area (Å²) in [6.07, 6.45) is 2.35. The molecule has 0 saturated heterocycles. The summed E-state index contributed by atoms with van der Waals surface area (Å²) >= 11 is 0. The van der Waals surface area contributed by atoms with E-state index in [9.17, 15) is 9.36 Å². The minimum atomic E-state index is -3.60. The smallest absolute Gasteiger partial charge is 0.303 e. The van der Waals surface area contributed by atoms with Crippen molar-refractivity contribution in [3.05, 3.63) is 12.7 Å². The molecule has 4 nitrogen and oxygen atoms in total. The zero-order valence-electron chi connectivity index (χ0n) is 8.69. The summed E-state index contributed by atoms with van der Waals surface area (Å²) in [6.45, 7) is 7.49. The molecule has 0 radical (unpaired) electrons. The zero-order valence-corrected chi connectivity index (χ0v) is 9.59. The van der Waals surface area contributed by atoms with Crippen molar-refractivity contribution in [2.24, 2.45) is 0 Å². The summed E-state index contributed by atoms with van der Waals surface area (Å²) in [5.41, 5.74) is -0.667. The number of carbonyl (C=O) groups is 1. The van der Waals surface area contributed by atoms with Gasteiger partial charge in [-0.2, -0.15) is 0 Å². The van der Waals surface area contributed by atoms with Crippen molar-refractivity contribution in [1.29, 1.82) is 0 Å². The maximum Gasteiger partial charge on any atom is 0.400 e. The highest BCUT2D eigenvalue weighted by atomic mass is 31.2. The van der Waals surface area contributed by atoms with Gasteiger partial charge in [0.15, 0.2) is 0 Å². The summed E-state index contributed by atoms with van der Waals surface area (Å²) in [5.74, 6) is 0. The van der Waals surface area contributed by atoms with Crippen LogP contribution in [0.5, 0.6) is 0 Å². The number of allylic oxidation sites excluding steroid dienone is 1. The molecule has 0 rings (SSSR count). The fourth-order valence-electron chi connectivity index (χ4n) is 0.699. The lowest BCUT2D eigenvalue weighted by molar-refractivity contribution is -0.109. The van der Waals surface area contributed by atoms with Crippen LogP contribution in [0.2, 0.25) is 0 Å². The van der Waals surface area contributed by atoms with E-state index in [1.54, 1.807) is 0 Å². The first-order chi connectivity index (χ1) is 6.60. The molecule has 0 aliphatic carbocycles. The topological polar surface area (TPSA) is 52.6 Å². The molecule has 0 aromatic rings. The van der Waals surface area contributed by atoms with E-state index in [0.29, 0.717) is 12.8 Å². The van der Waals surface area contributed by atoms with E-state index >= 15 is 0 Å². The van der Waals surface area contributed by atoms with Crippen molar-refractivity contribution in [1.82, 2.24) is 0 Å². The molecule has 0 bridgehead atoms.